The zero-order valence-electron chi connectivity index (χ0n) is 19.5. The molecule has 0 saturated heterocycles. The van der Waals surface area contributed by atoms with Crippen molar-refractivity contribution in [3.63, 3.8) is 0 Å². The fraction of sp³-hybridized carbons (Fsp3) is 0.846. The van der Waals surface area contributed by atoms with Crippen LogP contribution in [0, 0.1) is 17.8 Å². The van der Waals surface area contributed by atoms with E-state index in [9.17, 15) is 14.7 Å². The Morgan fingerprint density at radius 3 is 2.70 bits per heavy atom. The highest BCUT2D eigenvalue weighted by Crippen LogP contribution is 2.49. The second-order valence-corrected chi connectivity index (χ2v) is 9.97. The van der Waals surface area contributed by atoms with Crippen molar-refractivity contribution in [3.8, 4) is 0 Å². The predicted octanol–water partition coefficient (Wildman–Crippen LogP) is 6.15. The summed E-state index contributed by atoms with van der Waals surface area (Å²) in [6.45, 7) is 5.95. The van der Waals surface area contributed by atoms with Gasteiger partial charge in [-0.25, -0.2) is 0 Å². The number of hydrogen-bond donors (Lipinski definition) is 1. The first-order valence-corrected chi connectivity index (χ1v) is 12.4. The molecule has 0 aromatic carbocycles. The number of allylic oxidation sites excluding steroid dienone is 2. The SMILES string of the molecule is CCCCCCC[C@@]1(O)CC[C@H]2[C@@H](CC(=O)[C@@H]2CC=CCCCC(=O)OC(C)C)C1. The number of fused-ring (bicyclic) bond motifs is 1. The van der Waals surface area contributed by atoms with Crippen molar-refractivity contribution < 1.29 is 19.4 Å². The van der Waals surface area contributed by atoms with Gasteiger partial charge in [-0.15, -0.1) is 0 Å². The van der Waals surface area contributed by atoms with Gasteiger partial charge in [-0.05, 0) is 70.6 Å². The van der Waals surface area contributed by atoms with E-state index in [2.05, 4.69) is 19.1 Å². The van der Waals surface area contributed by atoms with Crippen LogP contribution in [0.25, 0.3) is 0 Å². The van der Waals surface area contributed by atoms with Gasteiger partial charge in [0, 0.05) is 18.8 Å². The average Bonchev–Trinajstić information content (AvgIpc) is 2.97. The van der Waals surface area contributed by atoms with E-state index in [1.54, 1.807) is 0 Å². The number of unbranched alkanes of at least 4 members (excludes halogenated alkanes) is 5. The summed E-state index contributed by atoms with van der Waals surface area (Å²) >= 11 is 0. The van der Waals surface area contributed by atoms with Crippen molar-refractivity contribution >= 4 is 11.8 Å². The summed E-state index contributed by atoms with van der Waals surface area (Å²) < 4.78 is 5.14. The number of aliphatic hydroxyl groups is 1. The number of carbonyl (C=O) groups excluding carboxylic acids is 2. The monoisotopic (exact) mass is 420 g/mol. The van der Waals surface area contributed by atoms with Gasteiger partial charge in [-0.2, -0.15) is 0 Å². The molecular weight excluding hydrogens is 376 g/mol. The van der Waals surface area contributed by atoms with E-state index < -0.39 is 5.60 Å². The van der Waals surface area contributed by atoms with Crippen LogP contribution in [-0.2, 0) is 14.3 Å². The lowest BCUT2D eigenvalue weighted by Crippen LogP contribution is -2.38. The van der Waals surface area contributed by atoms with Gasteiger partial charge < -0.3 is 9.84 Å². The number of rotatable bonds is 13. The highest BCUT2D eigenvalue weighted by molar-refractivity contribution is 5.84. The molecule has 2 saturated carbocycles. The van der Waals surface area contributed by atoms with Crippen molar-refractivity contribution in [2.45, 2.75) is 122 Å². The van der Waals surface area contributed by atoms with Crippen LogP contribution in [-0.4, -0.2) is 28.6 Å². The van der Waals surface area contributed by atoms with Gasteiger partial charge in [0.1, 0.15) is 5.78 Å². The van der Waals surface area contributed by atoms with Gasteiger partial charge in [-0.1, -0.05) is 51.2 Å². The third-order valence-electron chi connectivity index (χ3n) is 7.01. The molecule has 2 aliphatic rings. The Hall–Kier alpha value is -1.16. The fourth-order valence-electron chi connectivity index (χ4n) is 5.45. The van der Waals surface area contributed by atoms with Crippen molar-refractivity contribution in [2.75, 3.05) is 0 Å². The van der Waals surface area contributed by atoms with E-state index in [-0.39, 0.29) is 18.0 Å². The molecule has 0 unspecified atom stereocenters. The average molecular weight is 421 g/mol. The summed E-state index contributed by atoms with van der Waals surface area (Å²) in [7, 11) is 0. The summed E-state index contributed by atoms with van der Waals surface area (Å²) in [6.07, 6.45) is 17.4. The van der Waals surface area contributed by atoms with Crippen LogP contribution in [0.15, 0.2) is 12.2 Å². The maximum atomic E-state index is 12.6. The predicted molar refractivity (Wildman–Crippen MR) is 121 cm³/mol. The summed E-state index contributed by atoms with van der Waals surface area (Å²) in [5, 5.41) is 11.1. The lowest BCUT2D eigenvalue weighted by molar-refractivity contribution is -0.147. The molecule has 4 heteroatoms. The van der Waals surface area contributed by atoms with Gasteiger partial charge in [0.15, 0.2) is 0 Å². The first-order valence-electron chi connectivity index (χ1n) is 12.4. The number of carbonyl (C=O) groups is 2. The molecule has 0 heterocycles. The maximum Gasteiger partial charge on any atom is 0.306 e. The molecule has 0 spiro atoms. The summed E-state index contributed by atoms with van der Waals surface area (Å²) in [5.41, 5.74) is -0.539. The minimum Gasteiger partial charge on any atom is -0.463 e. The van der Waals surface area contributed by atoms with Crippen LogP contribution >= 0.6 is 0 Å². The van der Waals surface area contributed by atoms with Gasteiger partial charge >= 0.3 is 5.97 Å². The number of Topliss-reactive ketones (excluding diaryl/α,β-unsaturated/α-hetero) is 1. The first-order chi connectivity index (χ1) is 14.3. The molecule has 2 rings (SSSR count). The topological polar surface area (TPSA) is 63.6 Å². The van der Waals surface area contributed by atoms with E-state index in [4.69, 9.17) is 4.74 Å². The van der Waals surface area contributed by atoms with Crippen LogP contribution < -0.4 is 0 Å². The molecule has 0 aliphatic heterocycles. The Labute approximate surface area is 183 Å². The van der Waals surface area contributed by atoms with Gasteiger partial charge in [0.25, 0.3) is 0 Å². The van der Waals surface area contributed by atoms with E-state index in [0.29, 0.717) is 30.5 Å². The number of ether oxygens (including phenoxy) is 1. The molecule has 2 aliphatic carbocycles. The molecule has 0 radical (unpaired) electrons. The highest BCUT2D eigenvalue weighted by atomic mass is 16.5. The third kappa shape index (κ3) is 8.17. The van der Waals surface area contributed by atoms with Crippen LogP contribution in [0.2, 0.25) is 0 Å². The molecule has 0 aromatic heterocycles. The minimum absolute atomic E-state index is 0.0522. The molecule has 0 aromatic rings. The Morgan fingerprint density at radius 1 is 1.20 bits per heavy atom. The Morgan fingerprint density at radius 2 is 1.97 bits per heavy atom. The maximum absolute atomic E-state index is 12.6. The quantitative estimate of drug-likeness (QED) is 0.220. The molecule has 30 heavy (non-hydrogen) atoms. The largest absolute Gasteiger partial charge is 0.463 e. The van der Waals surface area contributed by atoms with E-state index in [1.807, 2.05) is 13.8 Å². The van der Waals surface area contributed by atoms with Crippen LogP contribution in [0.4, 0.5) is 0 Å². The van der Waals surface area contributed by atoms with E-state index in [0.717, 1.165) is 51.4 Å². The highest BCUT2D eigenvalue weighted by Gasteiger charge is 2.48. The molecule has 4 atom stereocenters. The summed E-state index contributed by atoms with van der Waals surface area (Å²) in [6, 6.07) is 0. The molecule has 4 nitrogen and oxygen atoms in total. The normalized spacial score (nSPS) is 29.0. The Kier molecular flexibility index (Phi) is 10.6. The molecule has 172 valence electrons. The van der Waals surface area contributed by atoms with Crippen molar-refractivity contribution in [3.05, 3.63) is 12.2 Å². The van der Waals surface area contributed by atoms with Gasteiger partial charge in [0.05, 0.1) is 11.7 Å². The van der Waals surface area contributed by atoms with Crippen LogP contribution in [0.3, 0.4) is 0 Å². The molecule has 1 N–H and O–H groups in total. The Balaban J connectivity index is 1.70. The first kappa shape index (κ1) is 25.1. The van der Waals surface area contributed by atoms with Gasteiger partial charge in [-0.3, -0.25) is 9.59 Å². The number of hydrogen-bond acceptors (Lipinski definition) is 4. The molecule has 2 fully saturated rings. The smallest absolute Gasteiger partial charge is 0.306 e. The molecule has 0 bridgehead atoms. The van der Waals surface area contributed by atoms with Crippen LogP contribution in [0.1, 0.15) is 111 Å². The molecular formula is C26H44O4. The summed E-state index contributed by atoms with van der Waals surface area (Å²) in [4.78, 5) is 24.2. The second kappa shape index (κ2) is 12.6. The minimum atomic E-state index is -0.539. The number of esters is 1. The van der Waals surface area contributed by atoms with Crippen LogP contribution in [0.5, 0.6) is 0 Å². The van der Waals surface area contributed by atoms with Crippen molar-refractivity contribution in [1.82, 2.24) is 0 Å². The van der Waals surface area contributed by atoms with Crippen molar-refractivity contribution in [1.29, 1.82) is 0 Å². The zero-order chi connectivity index (χ0) is 22.0. The lowest BCUT2D eigenvalue weighted by atomic mass is 9.69. The van der Waals surface area contributed by atoms with Gasteiger partial charge in [0.2, 0.25) is 0 Å². The lowest BCUT2D eigenvalue weighted by Gasteiger charge is -2.40. The van der Waals surface area contributed by atoms with E-state index >= 15 is 0 Å². The second-order valence-electron chi connectivity index (χ2n) is 9.97. The van der Waals surface area contributed by atoms with Crippen molar-refractivity contribution in [2.24, 2.45) is 17.8 Å². The fourth-order valence-corrected chi connectivity index (χ4v) is 5.45. The van der Waals surface area contributed by atoms with E-state index in [1.165, 1.54) is 25.7 Å². The number of ketones is 1. The Bertz CT molecular complexity index is 567. The molecule has 0 amide bonds. The third-order valence-corrected chi connectivity index (χ3v) is 7.01. The summed E-state index contributed by atoms with van der Waals surface area (Å²) in [5.74, 6) is 1.21. The standard InChI is InChI=1S/C26H44O4/c1-4-5-6-9-12-16-26(29)17-15-22-21(19-26)18-24(27)23(22)13-10-7-8-11-14-25(28)30-20(2)3/h7,10,20-23,29H,4-6,8-9,11-19H2,1-3H3/t21-,22-,23+,26+/m0/s1. The zero-order valence-corrected chi connectivity index (χ0v) is 19.5.